The van der Waals surface area contributed by atoms with Crippen molar-refractivity contribution in [3.63, 3.8) is 0 Å². The van der Waals surface area contributed by atoms with Crippen LogP contribution in [0.2, 0.25) is 0 Å². The van der Waals surface area contributed by atoms with Crippen LogP contribution in [0, 0.1) is 0 Å². The number of amides is 3. The molecule has 2 aromatic carbocycles. The molecule has 0 aliphatic heterocycles. The summed E-state index contributed by atoms with van der Waals surface area (Å²) in [6.07, 6.45) is 0. The van der Waals surface area contributed by atoms with Gasteiger partial charge in [0.15, 0.2) is 6.61 Å². The van der Waals surface area contributed by atoms with Crippen LogP contribution < -0.4 is 20.5 Å². The number of nitrogens with two attached hydrogens (primary N) is 1. The monoisotopic (exact) mass is 399 g/mol. The van der Waals surface area contributed by atoms with Crippen molar-refractivity contribution in [3.05, 3.63) is 53.6 Å². The predicted octanol–water partition coefficient (Wildman–Crippen LogP) is 2.29. The van der Waals surface area contributed by atoms with Crippen LogP contribution >= 0.6 is 0 Å². The van der Waals surface area contributed by atoms with Crippen LogP contribution in [-0.4, -0.2) is 49.4 Å². The molecule has 2 aromatic rings. The number of carbonyl (C=O) groups is 3. The molecule has 29 heavy (non-hydrogen) atoms. The molecule has 0 unspecified atom stereocenters. The van der Waals surface area contributed by atoms with Crippen molar-refractivity contribution in [2.75, 3.05) is 32.1 Å². The molecule has 0 saturated carbocycles. The molecular weight excluding hydrogens is 374 g/mol. The highest BCUT2D eigenvalue weighted by molar-refractivity contribution is 5.98. The first-order valence-electron chi connectivity index (χ1n) is 9.19. The lowest BCUT2D eigenvalue weighted by Gasteiger charge is -2.19. The number of methoxy groups -OCH3 is 1. The van der Waals surface area contributed by atoms with Crippen LogP contribution in [-0.2, 0) is 4.79 Å². The fraction of sp³-hybridized carbons (Fsp3) is 0.286. The maximum atomic E-state index is 12.4. The van der Waals surface area contributed by atoms with Crippen LogP contribution in [0.5, 0.6) is 11.5 Å². The predicted molar refractivity (Wildman–Crippen MR) is 109 cm³/mol. The summed E-state index contributed by atoms with van der Waals surface area (Å²) in [5, 5.41) is 2.68. The third-order valence-corrected chi connectivity index (χ3v) is 4.25. The topological polar surface area (TPSA) is 111 Å². The van der Waals surface area contributed by atoms with Gasteiger partial charge in [0.1, 0.15) is 11.5 Å². The highest BCUT2D eigenvalue weighted by Crippen LogP contribution is 2.24. The van der Waals surface area contributed by atoms with E-state index in [2.05, 4.69) is 5.32 Å². The van der Waals surface area contributed by atoms with E-state index < -0.39 is 11.8 Å². The third kappa shape index (κ3) is 5.71. The molecule has 0 aromatic heterocycles. The summed E-state index contributed by atoms with van der Waals surface area (Å²) in [5.74, 6) is -0.610. The molecule has 8 nitrogen and oxygen atoms in total. The summed E-state index contributed by atoms with van der Waals surface area (Å²) < 4.78 is 10.5. The average molecular weight is 399 g/mol. The summed E-state index contributed by atoms with van der Waals surface area (Å²) in [4.78, 5) is 38.0. The number of nitrogens with one attached hydrogen (secondary N) is 1. The Hall–Kier alpha value is -3.55. The van der Waals surface area contributed by atoms with Crippen molar-refractivity contribution in [1.29, 1.82) is 0 Å². The van der Waals surface area contributed by atoms with E-state index in [0.29, 0.717) is 30.1 Å². The Morgan fingerprint density at radius 3 is 2.41 bits per heavy atom. The molecule has 0 aliphatic rings. The van der Waals surface area contributed by atoms with Crippen LogP contribution in [0.1, 0.15) is 34.6 Å². The zero-order valence-corrected chi connectivity index (χ0v) is 16.7. The van der Waals surface area contributed by atoms with Crippen molar-refractivity contribution < 1.29 is 23.9 Å². The van der Waals surface area contributed by atoms with Crippen LogP contribution in [0.25, 0.3) is 0 Å². The molecule has 3 N–H and O–H groups in total. The van der Waals surface area contributed by atoms with Gasteiger partial charge < -0.3 is 25.4 Å². The Labute approximate surface area is 169 Å². The molecule has 8 heteroatoms. The second-order valence-electron chi connectivity index (χ2n) is 6.12. The standard InChI is InChI=1S/C21H25N3O5/c1-4-24(5-2)21(27)14-7-6-8-15(11-14)23-19(25)13-29-18-10-9-16(28-3)12-17(18)20(22)26/h6-12H,4-5,13H2,1-3H3,(H2,22,26)(H,23,25). The largest absolute Gasteiger partial charge is 0.497 e. The molecule has 3 amide bonds. The molecular formula is C21H25N3O5. The molecule has 0 atom stereocenters. The van der Waals surface area contributed by atoms with E-state index in [1.54, 1.807) is 35.2 Å². The summed E-state index contributed by atoms with van der Waals surface area (Å²) in [6, 6.07) is 11.2. The first-order valence-corrected chi connectivity index (χ1v) is 9.19. The zero-order valence-electron chi connectivity index (χ0n) is 16.7. The molecule has 0 fully saturated rings. The Morgan fingerprint density at radius 1 is 1.07 bits per heavy atom. The normalized spacial score (nSPS) is 10.2. The molecule has 0 spiro atoms. The average Bonchev–Trinajstić information content (AvgIpc) is 2.73. The lowest BCUT2D eigenvalue weighted by Crippen LogP contribution is -2.30. The quantitative estimate of drug-likeness (QED) is 0.672. The van der Waals surface area contributed by atoms with Crippen molar-refractivity contribution >= 4 is 23.4 Å². The van der Waals surface area contributed by atoms with Gasteiger partial charge in [-0.2, -0.15) is 0 Å². The van der Waals surface area contributed by atoms with Gasteiger partial charge in [-0.3, -0.25) is 14.4 Å². The number of carbonyl (C=O) groups excluding carboxylic acids is 3. The maximum Gasteiger partial charge on any atom is 0.262 e. The minimum atomic E-state index is -0.693. The fourth-order valence-electron chi connectivity index (χ4n) is 2.72. The lowest BCUT2D eigenvalue weighted by atomic mass is 10.1. The van der Waals surface area contributed by atoms with Crippen LogP contribution in [0.4, 0.5) is 5.69 Å². The van der Waals surface area contributed by atoms with Gasteiger partial charge >= 0.3 is 0 Å². The first kappa shape index (κ1) is 21.7. The Balaban J connectivity index is 2.04. The molecule has 0 saturated heterocycles. The molecule has 0 bridgehead atoms. The highest BCUT2D eigenvalue weighted by Gasteiger charge is 2.15. The number of anilines is 1. The van der Waals surface area contributed by atoms with Crippen molar-refractivity contribution in [3.8, 4) is 11.5 Å². The van der Waals surface area contributed by atoms with Gasteiger partial charge in [-0.1, -0.05) is 6.07 Å². The molecule has 0 aliphatic carbocycles. The fourth-order valence-corrected chi connectivity index (χ4v) is 2.72. The number of nitrogens with zero attached hydrogens (tertiary/aromatic N) is 1. The maximum absolute atomic E-state index is 12.4. The SMILES string of the molecule is CCN(CC)C(=O)c1cccc(NC(=O)COc2ccc(OC)cc2C(N)=O)c1. The second-order valence-corrected chi connectivity index (χ2v) is 6.12. The Bertz CT molecular complexity index is 894. The minimum Gasteiger partial charge on any atom is -0.497 e. The zero-order chi connectivity index (χ0) is 21.4. The number of hydrogen-bond acceptors (Lipinski definition) is 5. The third-order valence-electron chi connectivity index (χ3n) is 4.25. The van der Waals surface area contributed by atoms with Crippen molar-refractivity contribution in [1.82, 2.24) is 4.90 Å². The van der Waals surface area contributed by atoms with E-state index in [1.165, 1.54) is 19.2 Å². The summed E-state index contributed by atoms with van der Waals surface area (Å²) in [6.45, 7) is 4.68. The molecule has 0 heterocycles. The smallest absolute Gasteiger partial charge is 0.262 e. The summed E-state index contributed by atoms with van der Waals surface area (Å²) >= 11 is 0. The van der Waals surface area contributed by atoms with E-state index in [0.717, 1.165) is 0 Å². The number of hydrogen-bond donors (Lipinski definition) is 2. The minimum absolute atomic E-state index is 0.105. The van der Waals surface area contributed by atoms with E-state index in [9.17, 15) is 14.4 Å². The van der Waals surface area contributed by atoms with E-state index in [4.69, 9.17) is 15.2 Å². The van der Waals surface area contributed by atoms with E-state index in [1.807, 2.05) is 13.8 Å². The number of benzene rings is 2. The highest BCUT2D eigenvalue weighted by atomic mass is 16.5. The molecule has 0 radical (unpaired) electrons. The van der Waals surface area contributed by atoms with Gasteiger partial charge in [0.05, 0.1) is 12.7 Å². The van der Waals surface area contributed by atoms with Crippen LogP contribution in [0.15, 0.2) is 42.5 Å². The second kappa shape index (κ2) is 10.1. The summed E-state index contributed by atoms with van der Waals surface area (Å²) in [7, 11) is 1.47. The van der Waals surface area contributed by atoms with Crippen LogP contribution in [0.3, 0.4) is 0 Å². The van der Waals surface area contributed by atoms with Crippen molar-refractivity contribution in [2.24, 2.45) is 5.73 Å². The van der Waals surface area contributed by atoms with Gasteiger partial charge in [0.2, 0.25) is 0 Å². The number of rotatable bonds is 9. The Morgan fingerprint density at radius 2 is 1.79 bits per heavy atom. The molecule has 2 rings (SSSR count). The number of ether oxygens (including phenoxy) is 2. The lowest BCUT2D eigenvalue weighted by molar-refractivity contribution is -0.118. The van der Waals surface area contributed by atoms with Crippen molar-refractivity contribution in [2.45, 2.75) is 13.8 Å². The van der Waals surface area contributed by atoms with Gasteiger partial charge in [0.25, 0.3) is 17.7 Å². The molecule has 154 valence electrons. The number of primary amides is 1. The van der Waals surface area contributed by atoms with E-state index >= 15 is 0 Å². The van der Waals surface area contributed by atoms with E-state index in [-0.39, 0.29) is 23.8 Å². The van der Waals surface area contributed by atoms with Gasteiger partial charge in [-0.25, -0.2) is 0 Å². The summed E-state index contributed by atoms with van der Waals surface area (Å²) in [5.41, 5.74) is 6.42. The van der Waals surface area contributed by atoms with Gasteiger partial charge in [-0.15, -0.1) is 0 Å². The first-order chi connectivity index (χ1) is 13.9. The Kier molecular flexibility index (Phi) is 7.59. The van der Waals surface area contributed by atoms with Gasteiger partial charge in [0, 0.05) is 24.3 Å². The van der Waals surface area contributed by atoms with Gasteiger partial charge in [-0.05, 0) is 50.2 Å².